The first kappa shape index (κ1) is 28.2. The Morgan fingerprint density at radius 3 is 2.16 bits per heavy atom. The van der Waals surface area contributed by atoms with Crippen molar-refractivity contribution in [2.24, 2.45) is 50.7 Å². The van der Waals surface area contributed by atoms with Crippen LogP contribution in [0.4, 0.5) is 0 Å². The predicted octanol–water partition coefficient (Wildman–Crippen LogP) is 8.28. The SMILES string of the molecule is CC(=O)OC[C@]12CCC(C(C)C)=C1[C@H]1CC[C@@H]3[C@@]4(C)CC[C@H](OC(C)=O)C(C)(C)[C@H]4CC[C@@]3(C)[C@]1(C)CC2. The fourth-order valence-corrected chi connectivity index (χ4v) is 11.6. The summed E-state index contributed by atoms with van der Waals surface area (Å²) in [4.78, 5) is 23.8. The lowest BCUT2D eigenvalue weighted by Gasteiger charge is -2.72. The molecule has 4 heteroatoms. The van der Waals surface area contributed by atoms with E-state index in [1.165, 1.54) is 38.5 Å². The summed E-state index contributed by atoms with van der Waals surface area (Å²) in [7, 11) is 0. The number of allylic oxidation sites excluding steroid dienone is 1. The summed E-state index contributed by atoms with van der Waals surface area (Å²) >= 11 is 0. The minimum absolute atomic E-state index is 0.00228. The van der Waals surface area contributed by atoms with Gasteiger partial charge in [-0.05, 0) is 104 Å². The highest BCUT2D eigenvalue weighted by Crippen LogP contribution is 2.76. The van der Waals surface area contributed by atoms with Crippen LogP contribution < -0.4 is 0 Å². The third-order valence-electron chi connectivity index (χ3n) is 13.6. The second kappa shape index (κ2) is 9.10. The van der Waals surface area contributed by atoms with Gasteiger partial charge in [-0.25, -0.2) is 0 Å². The number of esters is 2. The van der Waals surface area contributed by atoms with E-state index in [4.69, 9.17) is 9.47 Å². The smallest absolute Gasteiger partial charge is 0.302 e. The second-order valence-corrected chi connectivity index (χ2v) is 15.7. The monoisotopic (exact) mass is 526 g/mol. The Labute approximate surface area is 232 Å². The van der Waals surface area contributed by atoms with E-state index < -0.39 is 0 Å². The van der Waals surface area contributed by atoms with E-state index in [1.807, 2.05) is 0 Å². The lowest BCUT2D eigenvalue weighted by atomic mass is 9.33. The van der Waals surface area contributed by atoms with Crippen LogP contribution >= 0.6 is 0 Å². The summed E-state index contributed by atoms with van der Waals surface area (Å²) in [6, 6.07) is 0. The zero-order chi connectivity index (χ0) is 27.9. The minimum atomic E-state index is -0.140. The zero-order valence-electron chi connectivity index (χ0n) is 25.8. The van der Waals surface area contributed by atoms with Gasteiger partial charge in [-0.3, -0.25) is 9.59 Å². The van der Waals surface area contributed by atoms with Crippen LogP contribution in [0.15, 0.2) is 11.1 Å². The molecule has 0 bridgehead atoms. The maximum Gasteiger partial charge on any atom is 0.302 e. The van der Waals surface area contributed by atoms with Gasteiger partial charge in [0.25, 0.3) is 0 Å². The Morgan fingerprint density at radius 1 is 0.816 bits per heavy atom. The molecule has 0 aromatic carbocycles. The van der Waals surface area contributed by atoms with Crippen molar-refractivity contribution in [2.75, 3.05) is 6.61 Å². The zero-order valence-corrected chi connectivity index (χ0v) is 25.8. The Hall–Kier alpha value is -1.32. The molecule has 5 rings (SSSR count). The van der Waals surface area contributed by atoms with E-state index in [-0.39, 0.29) is 45.1 Å². The molecule has 4 saturated carbocycles. The molecule has 5 aliphatic carbocycles. The van der Waals surface area contributed by atoms with Crippen LogP contribution in [0.5, 0.6) is 0 Å². The molecule has 4 nitrogen and oxygen atoms in total. The largest absolute Gasteiger partial charge is 0.465 e. The van der Waals surface area contributed by atoms with Gasteiger partial charge in [-0.2, -0.15) is 0 Å². The van der Waals surface area contributed by atoms with Gasteiger partial charge in [0.15, 0.2) is 0 Å². The van der Waals surface area contributed by atoms with Gasteiger partial charge in [-0.15, -0.1) is 0 Å². The molecule has 0 amide bonds. The first-order valence-electron chi connectivity index (χ1n) is 15.7. The molecule has 0 radical (unpaired) electrons. The van der Waals surface area contributed by atoms with Gasteiger partial charge < -0.3 is 9.47 Å². The first-order valence-corrected chi connectivity index (χ1v) is 15.7. The standard InChI is InChI=1S/C34H54O4/c1-21(2)24-12-17-34(20-37-22(3)35)19-18-32(8)25(29(24)34)10-11-27-31(7)15-14-28(38-23(4)36)30(5,6)26(31)13-16-33(27,32)9/h21,25-28H,10-20H2,1-9H3/t25-,26-,27-,28+,31+,32-,33-,34-/m1/s1. The molecule has 8 atom stereocenters. The van der Waals surface area contributed by atoms with Crippen LogP contribution in [-0.2, 0) is 19.1 Å². The van der Waals surface area contributed by atoms with Crippen molar-refractivity contribution in [1.29, 1.82) is 0 Å². The van der Waals surface area contributed by atoms with E-state index in [1.54, 1.807) is 25.0 Å². The van der Waals surface area contributed by atoms with Crippen molar-refractivity contribution in [2.45, 2.75) is 133 Å². The maximum absolute atomic E-state index is 11.9. The third-order valence-corrected chi connectivity index (χ3v) is 13.6. The molecule has 0 heterocycles. The van der Waals surface area contributed by atoms with Crippen molar-refractivity contribution < 1.29 is 19.1 Å². The Balaban J connectivity index is 1.52. The lowest BCUT2D eigenvalue weighted by molar-refractivity contribution is -0.233. The highest BCUT2D eigenvalue weighted by molar-refractivity contribution is 5.66. The number of fused-ring (bicyclic) bond motifs is 7. The molecule has 0 saturated heterocycles. The Kier molecular flexibility index (Phi) is 6.76. The first-order chi connectivity index (χ1) is 17.6. The van der Waals surface area contributed by atoms with Crippen LogP contribution in [0.2, 0.25) is 0 Å². The van der Waals surface area contributed by atoms with Crippen molar-refractivity contribution in [3.8, 4) is 0 Å². The van der Waals surface area contributed by atoms with E-state index >= 15 is 0 Å². The van der Waals surface area contributed by atoms with E-state index in [0.717, 1.165) is 25.7 Å². The van der Waals surface area contributed by atoms with Gasteiger partial charge in [0.05, 0.1) is 0 Å². The topological polar surface area (TPSA) is 52.6 Å². The third kappa shape index (κ3) is 3.80. The van der Waals surface area contributed by atoms with Crippen LogP contribution in [0, 0.1) is 50.7 Å². The molecule has 0 unspecified atom stereocenters. The quantitative estimate of drug-likeness (QED) is 0.273. The van der Waals surface area contributed by atoms with Gasteiger partial charge in [0.2, 0.25) is 0 Å². The maximum atomic E-state index is 11.9. The summed E-state index contributed by atoms with van der Waals surface area (Å²) in [5.74, 6) is 2.15. The molecule has 0 aromatic rings. The fraction of sp³-hybridized carbons (Fsp3) is 0.882. The van der Waals surface area contributed by atoms with Crippen molar-refractivity contribution in [1.82, 2.24) is 0 Å². The van der Waals surface area contributed by atoms with Crippen LogP contribution in [-0.4, -0.2) is 24.6 Å². The average molecular weight is 527 g/mol. The predicted molar refractivity (Wildman–Crippen MR) is 151 cm³/mol. The molecular formula is C34H54O4. The molecule has 0 aliphatic heterocycles. The molecule has 0 N–H and O–H groups in total. The van der Waals surface area contributed by atoms with Crippen LogP contribution in [0.1, 0.15) is 127 Å². The van der Waals surface area contributed by atoms with E-state index in [9.17, 15) is 9.59 Å². The van der Waals surface area contributed by atoms with E-state index in [2.05, 4.69) is 48.5 Å². The highest BCUT2D eigenvalue weighted by atomic mass is 16.5. The van der Waals surface area contributed by atoms with Crippen LogP contribution in [0.25, 0.3) is 0 Å². The van der Waals surface area contributed by atoms with Crippen molar-refractivity contribution in [3.05, 3.63) is 11.1 Å². The molecule has 214 valence electrons. The van der Waals surface area contributed by atoms with Gasteiger partial charge >= 0.3 is 11.9 Å². The summed E-state index contributed by atoms with van der Waals surface area (Å²) in [6.07, 6.45) is 11.9. The van der Waals surface area contributed by atoms with Gasteiger partial charge in [0, 0.05) is 24.7 Å². The minimum Gasteiger partial charge on any atom is -0.465 e. The summed E-state index contributed by atoms with van der Waals surface area (Å²) in [5, 5.41) is 0. The van der Waals surface area contributed by atoms with Gasteiger partial charge in [0.1, 0.15) is 12.7 Å². The molecule has 0 spiro atoms. The Morgan fingerprint density at radius 2 is 1.53 bits per heavy atom. The Bertz CT molecular complexity index is 1020. The number of hydrogen-bond acceptors (Lipinski definition) is 4. The van der Waals surface area contributed by atoms with E-state index in [0.29, 0.717) is 30.3 Å². The van der Waals surface area contributed by atoms with Crippen molar-refractivity contribution in [3.63, 3.8) is 0 Å². The number of carbonyl (C=O) groups is 2. The number of rotatable bonds is 4. The molecule has 4 fully saturated rings. The summed E-state index contributed by atoms with van der Waals surface area (Å²) < 4.78 is 11.7. The van der Waals surface area contributed by atoms with Gasteiger partial charge in [-0.1, -0.05) is 59.6 Å². The van der Waals surface area contributed by atoms with Crippen LogP contribution in [0.3, 0.4) is 0 Å². The fourth-order valence-electron chi connectivity index (χ4n) is 11.6. The molecule has 38 heavy (non-hydrogen) atoms. The average Bonchev–Trinajstić information content (AvgIpc) is 3.20. The number of carbonyl (C=O) groups excluding carboxylic acids is 2. The van der Waals surface area contributed by atoms with Crippen molar-refractivity contribution >= 4 is 11.9 Å². The molecular weight excluding hydrogens is 472 g/mol. The summed E-state index contributed by atoms with van der Waals surface area (Å²) in [5.41, 5.74) is 4.29. The molecule has 5 aliphatic rings. The lowest BCUT2D eigenvalue weighted by Crippen LogP contribution is -2.66. The summed E-state index contributed by atoms with van der Waals surface area (Å²) in [6.45, 7) is 21.1. The normalized spacial score (nSPS) is 45.5. The highest BCUT2D eigenvalue weighted by Gasteiger charge is 2.69. The number of hydrogen-bond donors (Lipinski definition) is 0. The second-order valence-electron chi connectivity index (χ2n) is 15.7. The molecule has 0 aromatic heterocycles. The number of ether oxygens (including phenoxy) is 2.